The first-order chi connectivity index (χ1) is 29.8. The number of ether oxygens (including phenoxy) is 6. The van der Waals surface area contributed by atoms with Crippen molar-refractivity contribution in [2.45, 2.75) is 217 Å². The standard InChI is InChI=1S/C47H80O17/c1-22(2)10-9-14-47(8,58)23-11-16-46(7)31(23)24(49)18-29-44(5)15-13-30(43(3,4)28(44)12-17-45(29,46)6)63-42-39(64-41-38(57)35(54)33(52)26(19-48)61-41)36(55)34(53)27(62-42)21-60-40-37(56)32(51)25(50)20-59-40/h10,23-42,48-58H,9,11-21H2,1-8H3/t23-,24+,25-,26-,27+,28+,29-,30+,31+,32+,33-,34+,35+,36-,37-,38-,39-,40-,41-,42+,44-,45-,46+,47+/m1/s1. The van der Waals surface area contributed by atoms with Gasteiger partial charge in [-0.2, -0.15) is 0 Å². The fourth-order valence-corrected chi connectivity index (χ4v) is 14.4. The largest absolute Gasteiger partial charge is 0.394 e. The van der Waals surface area contributed by atoms with Gasteiger partial charge in [0.1, 0.15) is 67.1 Å². The van der Waals surface area contributed by atoms with E-state index >= 15 is 0 Å². The van der Waals surface area contributed by atoms with E-state index in [0.717, 1.165) is 38.5 Å². The smallest absolute Gasteiger partial charge is 0.187 e. The maximum absolute atomic E-state index is 12.3. The fraction of sp³-hybridized carbons (Fsp3) is 0.957. The SMILES string of the molecule is CC(C)=CCC[C@](C)(O)[C@@H]1CC[C@@]2(C)[C@@H]1[C@@H](O)C[C@@H]1[C@]3(C)CC[C@H](O[C@@H]4O[C@@H](CO[C@H]5OC[C@@H](O)[C@H](O)[C@H]5O)[C@H](O)[C@@H](O)[C@H]4O[C@H]4O[C@H](CO)[C@@H](O)[C@H](O)[C@H]4O)C(C)(C)[C@@H]3CC[C@]12C. The van der Waals surface area contributed by atoms with E-state index in [-0.39, 0.29) is 46.5 Å². The number of hydrogen-bond donors (Lipinski definition) is 11. The van der Waals surface area contributed by atoms with Gasteiger partial charge in [-0.05, 0) is 124 Å². The van der Waals surface area contributed by atoms with E-state index in [1.165, 1.54) is 5.57 Å². The second-order valence-electron chi connectivity index (χ2n) is 22.5. The van der Waals surface area contributed by atoms with E-state index in [4.69, 9.17) is 28.4 Å². The van der Waals surface area contributed by atoms with Crippen LogP contribution >= 0.6 is 0 Å². The lowest BCUT2D eigenvalue weighted by Gasteiger charge is -2.70. The summed E-state index contributed by atoms with van der Waals surface area (Å²) in [6, 6.07) is 0. The minimum Gasteiger partial charge on any atom is -0.394 e. The molecule has 0 radical (unpaired) electrons. The third-order valence-corrected chi connectivity index (χ3v) is 18.3. The molecule has 17 heteroatoms. The van der Waals surface area contributed by atoms with E-state index in [0.29, 0.717) is 19.3 Å². The zero-order chi connectivity index (χ0) is 47.1. The molecule has 3 saturated heterocycles. The van der Waals surface area contributed by atoms with Crippen molar-refractivity contribution in [3.05, 3.63) is 11.6 Å². The topological polar surface area (TPSA) is 278 Å². The van der Waals surface area contributed by atoms with E-state index < -0.39 is 122 Å². The molecule has 0 amide bonds. The molecular weight excluding hydrogens is 836 g/mol. The minimum absolute atomic E-state index is 0.0153. The van der Waals surface area contributed by atoms with Crippen molar-refractivity contribution in [2.24, 2.45) is 45.3 Å². The monoisotopic (exact) mass is 917 g/mol. The third kappa shape index (κ3) is 8.71. The number of hydrogen-bond acceptors (Lipinski definition) is 17. The number of fused-ring (bicyclic) bond motifs is 5. The molecule has 3 heterocycles. The number of allylic oxidation sites excluding steroid dienone is 2. The summed E-state index contributed by atoms with van der Waals surface area (Å²) in [5.41, 5.74) is -0.714. The van der Waals surface area contributed by atoms with Gasteiger partial charge in [0.25, 0.3) is 0 Å². The van der Waals surface area contributed by atoms with E-state index in [2.05, 4.69) is 54.5 Å². The van der Waals surface area contributed by atoms with Crippen LogP contribution in [0.15, 0.2) is 11.6 Å². The lowest BCUT2D eigenvalue weighted by molar-refractivity contribution is -0.382. The molecule has 4 aliphatic carbocycles. The fourth-order valence-electron chi connectivity index (χ4n) is 14.4. The molecule has 0 unspecified atom stereocenters. The molecular formula is C47H80O17. The van der Waals surface area contributed by atoms with Crippen LogP contribution in [0.2, 0.25) is 0 Å². The summed E-state index contributed by atoms with van der Waals surface area (Å²) in [6.07, 6.45) is -13.9. The maximum atomic E-state index is 12.3. The molecule has 3 aliphatic heterocycles. The van der Waals surface area contributed by atoms with Gasteiger partial charge in [0, 0.05) is 0 Å². The van der Waals surface area contributed by atoms with Crippen LogP contribution in [0.1, 0.15) is 113 Å². The van der Waals surface area contributed by atoms with Gasteiger partial charge in [0.2, 0.25) is 0 Å². The number of aliphatic hydroxyl groups excluding tert-OH is 10. The van der Waals surface area contributed by atoms with Crippen LogP contribution in [0.5, 0.6) is 0 Å². The van der Waals surface area contributed by atoms with Crippen molar-refractivity contribution in [3.8, 4) is 0 Å². The Morgan fingerprint density at radius 1 is 0.688 bits per heavy atom. The summed E-state index contributed by atoms with van der Waals surface area (Å²) in [4.78, 5) is 0. The average Bonchev–Trinajstić information content (AvgIpc) is 3.62. The second-order valence-corrected chi connectivity index (χ2v) is 22.5. The normalized spacial score (nSPS) is 52.5. The molecule has 7 aliphatic rings. The molecule has 0 aromatic rings. The molecule has 0 spiro atoms. The van der Waals surface area contributed by atoms with E-state index in [9.17, 15) is 56.2 Å². The van der Waals surface area contributed by atoms with Crippen molar-refractivity contribution < 1.29 is 84.6 Å². The Kier molecular flexibility index (Phi) is 14.9. The van der Waals surface area contributed by atoms with Gasteiger partial charge in [-0.15, -0.1) is 0 Å². The highest BCUT2D eigenvalue weighted by atomic mass is 16.8. The van der Waals surface area contributed by atoms with Crippen molar-refractivity contribution in [1.29, 1.82) is 0 Å². The summed E-state index contributed by atoms with van der Waals surface area (Å²) in [7, 11) is 0. The summed E-state index contributed by atoms with van der Waals surface area (Å²) in [6.45, 7) is 16.1. The number of rotatable bonds is 12. The van der Waals surface area contributed by atoms with Gasteiger partial charge in [0.05, 0.1) is 37.6 Å². The molecule has 24 atom stereocenters. The first kappa shape index (κ1) is 50.9. The van der Waals surface area contributed by atoms with Crippen LogP contribution in [-0.4, -0.2) is 180 Å². The van der Waals surface area contributed by atoms with Crippen molar-refractivity contribution in [3.63, 3.8) is 0 Å². The number of aliphatic hydroxyl groups is 11. The Labute approximate surface area is 377 Å². The molecule has 17 nitrogen and oxygen atoms in total. The highest BCUT2D eigenvalue weighted by molar-refractivity contribution is 5.20. The molecule has 7 rings (SSSR count). The Morgan fingerprint density at radius 3 is 2.00 bits per heavy atom. The molecule has 0 aromatic heterocycles. The highest BCUT2D eigenvalue weighted by Crippen LogP contribution is 2.76. The maximum Gasteiger partial charge on any atom is 0.187 e. The third-order valence-electron chi connectivity index (χ3n) is 18.3. The van der Waals surface area contributed by atoms with Gasteiger partial charge in [-0.1, -0.05) is 46.3 Å². The second kappa shape index (κ2) is 18.8. The summed E-state index contributed by atoms with van der Waals surface area (Å²) >= 11 is 0. The first-order valence-corrected chi connectivity index (χ1v) is 23.8. The first-order valence-electron chi connectivity index (χ1n) is 23.8. The quantitative estimate of drug-likeness (QED) is 0.0946. The van der Waals surface area contributed by atoms with Crippen LogP contribution in [0.4, 0.5) is 0 Å². The van der Waals surface area contributed by atoms with E-state index in [1.807, 2.05) is 6.92 Å². The van der Waals surface area contributed by atoms with E-state index in [1.54, 1.807) is 0 Å². The molecule has 11 N–H and O–H groups in total. The summed E-state index contributed by atoms with van der Waals surface area (Å²) in [5.74, 6) is 0.241. The molecule has 0 aromatic carbocycles. The zero-order valence-electron chi connectivity index (χ0n) is 39.0. The van der Waals surface area contributed by atoms with Gasteiger partial charge < -0.3 is 84.6 Å². The molecule has 4 saturated carbocycles. The molecule has 64 heavy (non-hydrogen) atoms. The summed E-state index contributed by atoms with van der Waals surface area (Å²) in [5, 5.41) is 120. The average molecular weight is 917 g/mol. The zero-order valence-corrected chi connectivity index (χ0v) is 39.0. The predicted octanol–water partition coefficient (Wildman–Crippen LogP) is 0.612. The predicted molar refractivity (Wildman–Crippen MR) is 228 cm³/mol. The van der Waals surface area contributed by atoms with Gasteiger partial charge in [-0.3, -0.25) is 0 Å². The van der Waals surface area contributed by atoms with Crippen LogP contribution in [0.25, 0.3) is 0 Å². The van der Waals surface area contributed by atoms with Crippen LogP contribution in [-0.2, 0) is 28.4 Å². The Bertz CT molecular complexity index is 1620. The highest BCUT2D eigenvalue weighted by Gasteiger charge is 2.71. The van der Waals surface area contributed by atoms with Crippen LogP contribution < -0.4 is 0 Å². The molecule has 0 bridgehead atoms. The lowest BCUT2D eigenvalue weighted by atomic mass is 9.35. The Balaban J connectivity index is 1.12. The minimum atomic E-state index is -1.82. The Hall–Kier alpha value is -0.940. The van der Waals surface area contributed by atoms with Crippen LogP contribution in [0.3, 0.4) is 0 Å². The van der Waals surface area contributed by atoms with Gasteiger partial charge in [-0.25, -0.2) is 0 Å². The van der Waals surface area contributed by atoms with Crippen molar-refractivity contribution in [2.75, 3.05) is 19.8 Å². The summed E-state index contributed by atoms with van der Waals surface area (Å²) < 4.78 is 36.1. The molecule has 7 fully saturated rings. The van der Waals surface area contributed by atoms with Gasteiger partial charge >= 0.3 is 0 Å². The van der Waals surface area contributed by atoms with Gasteiger partial charge in [0.15, 0.2) is 18.9 Å². The Morgan fingerprint density at radius 2 is 1.33 bits per heavy atom. The lowest BCUT2D eigenvalue weighted by Crippen LogP contribution is -2.68. The van der Waals surface area contributed by atoms with Crippen molar-refractivity contribution in [1.82, 2.24) is 0 Å². The van der Waals surface area contributed by atoms with Crippen LogP contribution in [0, 0.1) is 45.3 Å². The molecule has 370 valence electrons. The van der Waals surface area contributed by atoms with Crippen molar-refractivity contribution >= 4 is 0 Å².